The van der Waals surface area contributed by atoms with Crippen LogP contribution in [-0.2, 0) is 14.3 Å². The molecule has 2 aliphatic rings. The zero-order valence-corrected chi connectivity index (χ0v) is 9.11. The molecule has 7 nitrogen and oxygen atoms in total. The highest BCUT2D eigenvalue weighted by molar-refractivity contribution is 6.24. The number of nitro groups is 1. The summed E-state index contributed by atoms with van der Waals surface area (Å²) in [7, 11) is 0. The molecule has 1 aromatic rings. The molecule has 0 unspecified atom stereocenters. The third-order valence-corrected chi connectivity index (χ3v) is 2.86. The van der Waals surface area contributed by atoms with Crippen LogP contribution < -0.4 is 0 Å². The molecular weight excluding hydrogens is 240 g/mol. The number of carbonyl (C=O) groups excluding carboxylic acids is 1. The number of ketones is 1. The van der Waals surface area contributed by atoms with Gasteiger partial charge in [-0.15, -0.1) is 0 Å². The maximum atomic E-state index is 12.0. The van der Waals surface area contributed by atoms with Gasteiger partial charge in [0.05, 0.1) is 17.1 Å². The molecule has 1 saturated heterocycles. The van der Waals surface area contributed by atoms with Crippen molar-refractivity contribution >= 4 is 17.0 Å². The molecule has 3 rings (SSSR count). The SMILES string of the molecule is O=C1C(c2ccncc2[N+](=O)[O-])=C[C@@H]2OC[C@H]1O2. The van der Waals surface area contributed by atoms with Crippen LogP contribution in [0.3, 0.4) is 0 Å². The van der Waals surface area contributed by atoms with E-state index >= 15 is 0 Å². The summed E-state index contributed by atoms with van der Waals surface area (Å²) in [4.78, 5) is 26.1. The minimum atomic E-state index is -0.664. The fourth-order valence-electron chi connectivity index (χ4n) is 2.02. The fraction of sp³-hybridized carbons (Fsp3) is 0.273. The van der Waals surface area contributed by atoms with E-state index in [0.29, 0.717) is 0 Å². The largest absolute Gasteiger partial charge is 0.346 e. The van der Waals surface area contributed by atoms with Crippen LogP contribution in [0.4, 0.5) is 5.69 Å². The van der Waals surface area contributed by atoms with Crippen molar-refractivity contribution in [1.82, 2.24) is 4.98 Å². The van der Waals surface area contributed by atoms with Gasteiger partial charge in [-0.25, -0.2) is 0 Å². The lowest BCUT2D eigenvalue weighted by Gasteiger charge is -2.17. The first-order chi connectivity index (χ1) is 8.66. The summed E-state index contributed by atoms with van der Waals surface area (Å²) in [5, 5.41) is 10.9. The molecular formula is C11H8N2O5. The summed E-state index contributed by atoms with van der Waals surface area (Å²) in [5.41, 5.74) is 0.324. The number of Topliss-reactive ketones (excluding diaryl/α,β-unsaturated/α-hetero) is 1. The summed E-state index contributed by atoms with van der Waals surface area (Å²) in [6.45, 7) is 0.183. The molecule has 0 saturated carbocycles. The lowest BCUT2D eigenvalue weighted by Crippen LogP contribution is -2.28. The Labute approximate surface area is 101 Å². The molecule has 0 aliphatic carbocycles. The van der Waals surface area contributed by atoms with Crippen LogP contribution in [0.25, 0.3) is 5.57 Å². The second-order valence-electron chi connectivity index (χ2n) is 3.92. The first-order valence-electron chi connectivity index (χ1n) is 5.28. The summed E-state index contributed by atoms with van der Waals surface area (Å²) >= 11 is 0. The first-order valence-corrected chi connectivity index (χ1v) is 5.28. The van der Waals surface area contributed by atoms with Crippen molar-refractivity contribution in [2.45, 2.75) is 12.4 Å². The van der Waals surface area contributed by atoms with E-state index in [1.807, 2.05) is 0 Å². The molecule has 92 valence electrons. The monoisotopic (exact) mass is 248 g/mol. The van der Waals surface area contributed by atoms with Crippen molar-refractivity contribution in [1.29, 1.82) is 0 Å². The molecule has 0 N–H and O–H groups in total. The normalized spacial score (nSPS) is 26.0. The third-order valence-electron chi connectivity index (χ3n) is 2.86. The predicted octanol–water partition coefficient (Wildman–Crippen LogP) is 0.697. The van der Waals surface area contributed by atoms with Crippen LogP contribution >= 0.6 is 0 Å². The zero-order chi connectivity index (χ0) is 12.7. The van der Waals surface area contributed by atoms with Crippen molar-refractivity contribution < 1.29 is 19.2 Å². The summed E-state index contributed by atoms with van der Waals surface area (Å²) < 4.78 is 10.4. The van der Waals surface area contributed by atoms with Crippen LogP contribution in [0.5, 0.6) is 0 Å². The van der Waals surface area contributed by atoms with E-state index < -0.39 is 17.3 Å². The van der Waals surface area contributed by atoms with Crippen molar-refractivity contribution in [3.63, 3.8) is 0 Å². The van der Waals surface area contributed by atoms with Gasteiger partial charge < -0.3 is 9.47 Å². The number of nitrogens with zero attached hydrogens (tertiary/aromatic N) is 2. The number of carbonyl (C=O) groups is 1. The first kappa shape index (κ1) is 11.0. The molecule has 18 heavy (non-hydrogen) atoms. The Kier molecular flexibility index (Phi) is 2.42. The highest BCUT2D eigenvalue weighted by atomic mass is 16.7. The maximum absolute atomic E-state index is 12.0. The second kappa shape index (κ2) is 3.97. The van der Waals surface area contributed by atoms with Crippen LogP contribution in [0.15, 0.2) is 24.5 Å². The van der Waals surface area contributed by atoms with Gasteiger partial charge in [-0.05, 0) is 12.1 Å². The van der Waals surface area contributed by atoms with Crippen molar-refractivity contribution in [2.75, 3.05) is 6.61 Å². The van der Waals surface area contributed by atoms with Gasteiger partial charge >= 0.3 is 0 Å². The lowest BCUT2D eigenvalue weighted by molar-refractivity contribution is -0.385. The standard InChI is InChI=1S/C11H8N2O5/c14-11-7(3-10-17-5-9(11)18-10)6-1-2-12-4-8(6)13(15)16/h1-4,9-10H,5H2/t9-,10-/m1/s1. The molecule has 1 aromatic heterocycles. The van der Waals surface area contributed by atoms with Crippen LogP contribution in [-0.4, -0.2) is 34.7 Å². The van der Waals surface area contributed by atoms with E-state index in [4.69, 9.17) is 9.47 Å². The average Bonchev–Trinajstić information content (AvgIpc) is 2.78. The third kappa shape index (κ3) is 1.60. The highest BCUT2D eigenvalue weighted by Gasteiger charge is 2.39. The van der Waals surface area contributed by atoms with Gasteiger partial charge in [-0.2, -0.15) is 0 Å². The molecule has 0 spiro atoms. The van der Waals surface area contributed by atoms with Crippen molar-refractivity contribution in [3.05, 3.63) is 40.2 Å². The van der Waals surface area contributed by atoms with Gasteiger partial charge in [0.15, 0.2) is 12.1 Å². The number of ether oxygens (including phenoxy) is 2. The number of hydrogen-bond acceptors (Lipinski definition) is 6. The number of hydrogen-bond donors (Lipinski definition) is 0. The minimum Gasteiger partial charge on any atom is -0.346 e. The summed E-state index contributed by atoms with van der Waals surface area (Å²) in [5.74, 6) is -0.293. The van der Waals surface area contributed by atoms with Crippen molar-refractivity contribution in [2.24, 2.45) is 0 Å². The molecule has 0 aromatic carbocycles. The van der Waals surface area contributed by atoms with Gasteiger partial charge in [0, 0.05) is 11.8 Å². The van der Waals surface area contributed by atoms with Crippen LogP contribution in [0.2, 0.25) is 0 Å². The number of pyridine rings is 1. The fourth-order valence-corrected chi connectivity index (χ4v) is 2.02. The zero-order valence-electron chi connectivity index (χ0n) is 9.11. The van der Waals surface area contributed by atoms with E-state index in [0.717, 1.165) is 6.20 Å². The minimum absolute atomic E-state index is 0.183. The highest BCUT2D eigenvalue weighted by Crippen LogP contribution is 2.33. The molecule has 2 atom stereocenters. The maximum Gasteiger partial charge on any atom is 0.295 e. The smallest absolute Gasteiger partial charge is 0.295 e. The quantitative estimate of drug-likeness (QED) is 0.565. The lowest BCUT2D eigenvalue weighted by atomic mass is 9.97. The molecule has 2 aliphatic heterocycles. The molecule has 0 amide bonds. The van der Waals surface area contributed by atoms with E-state index in [9.17, 15) is 14.9 Å². The molecule has 0 radical (unpaired) electrons. The van der Waals surface area contributed by atoms with E-state index in [1.165, 1.54) is 18.3 Å². The van der Waals surface area contributed by atoms with Gasteiger partial charge in [0.1, 0.15) is 12.3 Å². The van der Waals surface area contributed by atoms with Gasteiger partial charge in [0.25, 0.3) is 5.69 Å². The Hall–Kier alpha value is -2.12. The Morgan fingerprint density at radius 2 is 2.33 bits per heavy atom. The summed E-state index contributed by atoms with van der Waals surface area (Å²) in [6.07, 6.45) is 2.74. The van der Waals surface area contributed by atoms with Crippen LogP contribution in [0, 0.1) is 10.1 Å². The van der Waals surface area contributed by atoms with E-state index in [1.54, 1.807) is 0 Å². The van der Waals surface area contributed by atoms with E-state index in [-0.39, 0.29) is 29.2 Å². The Bertz CT molecular complexity index is 568. The Morgan fingerprint density at radius 1 is 1.50 bits per heavy atom. The Balaban J connectivity index is 2.10. The molecule has 7 heteroatoms. The van der Waals surface area contributed by atoms with Crippen molar-refractivity contribution in [3.8, 4) is 0 Å². The number of aromatic nitrogens is 1. The van der Waals surface area contributed by atoms with Crippen LogP contribution in [0.1, 0.15) is 5.56 Å². The Morgan fingerprint density at radius 3 is 3.11 bits per heavy atom. The molecule has 1 fully saturated rings. The van der Waals surface area contributed by atoms with E-state index in [2.05, 4.69) is 4.98 Å². The van der Waals surface area contributed by atoms with Gasteiger partial charge in [-0.1, -0.05) is 0 Å². The van der Waals surface area contributed by atoms with Gasteiger partial charge in [-0.3, -0.25) is 19.9 Å². The predicted molar refractivity (Wildman–Crippen MR) is 58.5 cm³/mol. The topological polar surface area (TPSA) is 91.6 Å². The molecule has 2 bridgehead atoms. The number of fused-ring (bicyclic) bond motifs is 2. The second-order valence-corrected chi connectivity index (χ2v) is 3.92. The molecule has 3 heterocycles. The average molecular weight is 248 g/mol. The summed E-state index contributed by atoms with van der Waals surface area (Å²) in [6, 6.07) is 1.45. The van der Waals surface area contributed by atoms with Gasteiger partial charge in [0.2, 0.25) is 0 Å². The number of rotatable bonds is 2.